The van der Waals surface area contributed by atoms with E-state index in [1.165, 1.54) is 16.7 Å². The number of aryl methyl sites for hydroxylation is 1. The summed E-state index contributed by atoms with van der Waals surface area (Å²) in [5, 5.41) is 7.58. The largest absolute Gasteiger partial charge is 0.370 e. The zero-order valence-corrected chi connectivity index (χ0v) is 16.4. The van der Waals surface area contributed by atoms with Gasteiger partial charge in [-0.05, 0) is 48.8 Å². The van der Waals surface area contributed by atoms with Crippen molar-refractivity contribution in [1.82, 2.24) is 5.32 Å². The van der Waals surface area contributed by atoms with E-state index in [1.807, 2.05) is 0 Å². The molecule has 0 bridgehead atoms. The van der Waals surface area contributed by atoms with Crippen molar-refractivity contribution in [2.75, 3.05) is 38.2 Å². The second kappa shape index (κ2) is 9.12. The molecule has 3 rings (SSSR count). The Balaban J connectivity index is 1.70. The van der Waals surface area contributed by atoms with Gasteiger partial charge in [0.1, 0.15) is 25.7 Å². The number of nitrogens with one attached hydrogen (secondary N) is 3. The van der Waals surface area contributed by atoms with Crippen molar-refractivity contribution in [3.05, 3.63) is 65.2 Å². The summed E-state index contributed by atoms with van der Waals surface area (Å²) in [7, 11) is 0. The first-order valence-corrected chi connectivity index (χ1v) is 9.64. The molecule has 4 nitrogen and oxygen atoms in total. The minimum absolute atomic E-state index is 0.175. The maximum absolute atomic E-state index is 5.63. The number of thiocarbonyl (C=S) groups is 1. The molecule has 0 spiro atoms. The SMILES string of the molecule is Cc1cccc(NC(=S)N[C@@H](C[NH+]2CCOCC2)c2ccccc2)c1C. The third-order valence-corrected chi connectivity index (χ3v) is 5.27. The predicted octanol–water partition coefficient (Wildman–Crippen LogP) is 2.25. The van der Waals surface area contributed by atoms with Gasteiger partial charge in [0.05, 0.1) is 13.2 Å². The van der Waals surface area contributed by atoms with E-state index in [1.54, 1.807) is 4.90 Å². The second-order valence-electron chi connectivity index (χ2n) is 6.88. The predicted molar refractivity (Wildman–Crippen MR) is 111 cm³/mol. The highest BCUT2D eigenvalue weighted by Gasteiger charge is 2.22. The van der Waals surface area contributed by atoms with Gasteiger partial charge in [0.25, 0.3) is 0 Å². The number of hydrogen-bond donors (Lipinski definition) is 3. The van der Waals surface area contributed by atoms with Crippen LogP contribution in [0.3, 0.4) is 0 Å². The fourth-order valence-corrected chi connectivity index (χ4v) is 3.55. The highest BCUT2D eigenvalue weighted by atomic mass is 32.1. The molecule has 0 amide bonds. The monoisotopic (exact) mass is 370 g/mol. The molecule has 3 N–H and O–H groups in total. The lowest BCUT2D eigenvalue weighted by Crippen LogP contribution is -3.14. The lowest BCUT2D eigenvalue weighted by atomic mass is 10.1. The van der Waals surface area contributed by atoms with Crippen molar-refractivity contribution in [3.63, 3.8) is 0 Å². The van der Waals surface area contributed by atoms with Crippen LogP contribution in [0.25, 0.3) is 0 Å². The number of rotatable bonds is 5. The molecule has 2 aromatic rings. The number of anilines is 1. The van der Waals surface area contributed by atoms with Crippen LogP contribution in [0.15, 0.2) is 48.5 Å². The van der Waals surface area contributed by atoms with Gasteiger partial charge in [-0.25, -0.2) is 0 Å². The van der Waals surface area contributed by atoms with Gasteiger partial charge in [-0.2, -0.15) is 0 Å². The number of benzene rings is 2. The Hall–Kier alpha value is -1.95. The summed E-state index contributed by atoms with van der Waals surface area (Å²) < 4.78 is 5.49. The quantitative estimate of drug-likeness (QED) is 0.706. The number of ether oxygens (including phenoxy) is 1. The highest BCUT2D eigenvalue weighted by Crippen LogP contribution is 2.18. The maximum atomic E-state index is 5.63. The fraction of sp³-hybridized carbons (Fsp3) is 0.381. The van der Waals surface area contributed by atoms with Crippen LogP contribution in [-0.2, 0) is 4.74 Å². The van der Waals surface area contributed by atoms with Crippen molar-refractivity contribution in [2.24, 2.45) is 0 Å². The molecule has 2 aromatic carbocycles. The fourth-order valence-electron chi connectivity index (χ4n) is 3.29. The first kappa shape index (κ1) is 18.8. The minimum atomic E-state index is 0.175. The molecular weight excluding hydrogens is 342 g/mol. The second-order valence-corrected chi connectivity index (χ2v) is 7.28. The topological polar surface area (TPSA) is 37.7 Å². The van der Waals surface area contributed by atoms with E-state index in [2.05, 4.69) is 73.0 Å². The molecule has 5 heteroatoms. The summed E-state index contributed by atoms with van der Waals surface area (Å²) in [4.78, 5) is 1.55. The third kappa shape index (κ3) is 5.04. The van der Waals surface area contributed by atoms with Gasteiger partial charge < -0.3 is 20.3 Å². The molecule has 1 aliphatic rings. The average molecular weight is 371 g/mol. The van der Waals surface area contributed by atoms with Crippen molar-refractivity contribution in [3.8, 4) is 0 Å². The highest BCUT2D eigenvalue weighted by molar-refractivity contribution is 7.80. The lowest BCUT2D eigenvalue weighted by Gasteiger charge is -2.29. The lowest BCUT2D eigenvalue weighted by molar-refractivity contribution is -0.909. The Morgan fingerprint density at radius 1 is 1.08 bits per heavy atom. The first-order valence-electron chi connectivity index (χ1n) is 9.23. The Bertz CT molecular complexity index is 729. The minimum Gasteiger partial charge on any atom is -0.370 e. The van der Waals surface area contributed by atoms with Gasteiger partial charge in [0.15, 0.2) is 5.11 Å². The molecule has 0 aromatic heterocycles. The van der Waals surface area contributed by atoms with Crippen molar-refractivity contribution in [2.45, 2.75) is 19.9 Å². The van der Waals surface area contributed by atoms with E-state index in [0.717, 1.165) is 38.5 Å². The smallest absolute Gasteiger partial charge is 0.171 e. The Labute approximate surface area is 161 Å². The van der Waals surface area contributed by atoms with Crippen LogP contribution < -0.4 is 15.5 Å². The van der Waals surface area contributed by atoms with Crippen LogP contribution in [-0.4, -0.2) is 38.0 Å². The first-order chi connectivity index (χ1) is 12.6. The van der Waals surface area contributed by atoms with Crippen LogP contribution >= 0.6 is 12.2 Å². The van der Waals surface area contributed by atoms with E-state index < -0.39 is 0 Å². The van der Waals surface area contributed by atoms with E-state index in [4.69, 9.17) is 17.0 Å². The number of hydrogen-bond acceptors (Lipinski definition) is 2. The van der Waals surface area contributed by atoms with Crippen molar-refractivity contribution >= 4 is 23.0 Å². The van der Waals surface area contributed by atoms with Gasteiger partial charge in [-0.3, -0.25) is 0 Å². The molecule has 1 saturated heterocycles. The van der Waals surface area contributed by atoms with Crippen LogP contribution in [0.2, 0.25) is 0 Å². The average Bonchev–Trinajstić information content (AvgIpc) is 2.66. The maximum Gasteiger partial charge on any atom is 0.171 e. The summed E-state index contributed by atoms with van der Waals surface area (Å²) in [6.07, 6.45) is 0. The molecule has 0 aliphatic carbocycles. The molecule has 1 heterocycles. The molecule has 0 unspecified atom stereocenters. The number of morpholine rings is 1. The van der Waals surface area contributed by atoms with E-state index >= 15 is 0 Å². The van der Waals surface area contributed by atoms with Crippen LogP contribution in [0.4, 0.5) is 5.69 Å². The number of quaternary nitrogens is 1. The Morgan fingerprint density at radius 3 is 2.54 bits per heavy atom. The zero-order valence-electron chi connectivity index (χ0n) is 15.5. The van der Waals surface area contributed by atoms with Crippen LogP contribution in [0, 0.1) is 13.8 Å². The normalized spacial score (nSPS) is 16.1. The molecular formula is C21H28N3OS+. The van der Waals surface area contributed by atoms with Crippen molar-refractivity contribution in [1.29, 1.82) is 0 Å². The van der Waals surface area contributed by atoms with E-state index in [0.29, 0.717) is 5.11 Å². The zero-order chi connectivity index (χ0) is 18.4. The van der Waals surface area contributed by atoms with Gasteiger partial charge in [-0.1, -0.05) is 42.5 Å². The van der Waals surface area contributed by atoms with Crippen LogP contribution in [0.5, 0.6) is 0 Å². The molecule has 1 fully saturated rings. The summed E-state index contributed by atoms with van der Waals surface area (Å²) in [5.41, 5.74) is 4.81. The molecule has 0 radical (unpaired) electrons. The van der Waals surface area contributed by atoms with Crippen LogP contribution in [0.1, 0.15) is 22.7 Å². The molecule has 1 atom stereocenters. The summed E-state index contributed by atoms with van der Waals surface area (Å²) >= 11 is 5.63. The molecule has 0 saturated carbocycles. The Kier molecular flexibility index (Phi) is 6.61. The van der Waals surface area contributed by atoms with Gasteiger partial charge in [0, 0.05) is 5.69 Å². The summed E-state index contributed by atoms with van der Waals surface area (Å²) in [5.74, 6) is 0. The molecule has 1 aliphatic heterocycles. The summed E-state index contributed by atoms with van der Waals surface area (Å²) in [6, 6.07) is 17.0. The molecule has 26 heavy (non-hydrogen) atoms. The summed E-state index contributed by atoms with van der Waals surface area (Å²) in [6.45, 7) is 8.98. The van der Waals surface area contributed by atoms with E-state index in [9.17, 15) is 0 Å². The van der Waals surface area contributed by atoms with Gasteiger partial charge in [-0.15, -0.1) is 0 Å². The Morgan fingerprint density at radius 2 is 1.81 bits per heavy atom. The van der Waals surface area contributed by atoms with Gasteiger partial charge in [0.2, 0.25) is 0 Å². The molecule has 138 valence electrons. The third-order valence-electron chi connectivity index (χ3n) is 5.05. The van der Waals surface area contributed by atoms with Gasteiger partial charge >= 0.3 is 0 Å². The van der Waals surface area contributed by atoms with E-state index in [-0.39, 0.29) is 6.04 Å². The standard InChI is InChI=1S/C21H27N3OS/c1-16-7-6-10-19(17(16)2)22-21(26)23-20(18-8-4-3-5-9-18)15-24-11-13-25-14-12-24/h3-10,20H,11-15H2,1-2H3,(H2,22,23,26)/p+1/t20-/m0/s1. The van der Waals surface area contributed by atoms with Crippen molar-refractivity contribution < 1.29 is 9.64 Å².